The van der Waals surface area contributed by atoms with E-state index in [4.69, 9.17) is 13.8 Å². The number of hydrogen-bond acceptors (Lipinski definition) is 6. The first-order valence-corrected chi connectivity index (χ1v) is 9.41. The number of hydrogen-bond donors (Lipinski definition) is 0. The number of likely N-dealkylation sites (tertiary alicyclic amines) is 1. The van der Waals surface area contributed by atoms with E-state index in [1.165, 1.54) is 0 Å². The van der Waals surface area contributed by atoms with Crippen molar-refractivity contribution in [2.75, 3.05) is 6.54 Å². The molecule has 7 heteroatoms. The number of carbonyl (C=O) groups excluding carboxylic acids is 1. The number of benzene rings is 1. The van der Waals surface area contributed by atoms with Crippen LogP contribution >= 0.6 is 0 Å². The van der Waals surface area contributed by atoms with Crippen LogP contribution in [0.4, 0.5) is 0 Å². The first-order chi connectivity index (χ1) is 13.5. The lowest BCUT2D eigenvalue weighted by molar-refractivity contribution is 0.0731. The molecule has 0 bridgehead atoms. The van der Waals surface area contributed by atoms with Crippen molar-refractivity contribution in [1.29, 1.82) is 0 Å². The molecule has 0 spiro atoms. The number of amides is 1. The molecule has 1 aliphatic rings. The summed E-state index contributed by atoms with van der Waals surface area (Å²) in [6.07, 6.45) is 1.86. The Hall–Kier alpha value is -3.09. The van der Waals surface area contributed by atoms with Crippen molar-refractivity contribution < 1.29 is 18.6 Å². The van der Waals surface area contributed by atoms with Gasteiger partial charge in [-0.1, -0.05) is 10.3 Å². The van der Waals surface area contributed by atoms with Crippen LogP contribution in [-0.4, -0.2) is 27.7 Å². The molecule has 7 nitrogen and oxygen atoms in total. The van der Waals surface area contributed by atoms with Gasteiger partial charge in [-0.2, -0.15) is 0 Å². The number of nitrogens with zero attached hydrogens (tertiary/aromatic N) is 3. The van der Waals surface area contributed by atoms with Crippen molar-refractivity contribution in [3.05, 3.63) is 64.4 Å². The molecule has 3 heterocycles. The predicted molar refractivity (Wildman–Crippen MR) is 101 cm³/mol. The number of rotatable bonds is 5. The Kier molecular flexibility index (Phi) is 4.90. The molecule has 3 aromatic rings. The van der Waals surface area contributed by atoms with Crippen LogP contribution in [0, 0.1) is 20.8 Å². The number of aryl methyl sites for hydroxylation is 3. The highest BCUT2D eigenvalue weighted by molar-refractivity contribution is 5.94. The predicted octanol–water partition coefficient (Wildman–Crippen LogP) is 4.14. The molecule has 0 aliphatic carbocycles. The highest BCUT2D eigenvalue weighted by Crippen LogP contribution is 2.33. The molecule has 0 N–H and O–H groups in total. The van der Waals surface area contributed by atoms with Crippen LogP contribution in [0.3, 0.4) is 0 Å². The Bertz CT molecular complexity index is 954. The summed E-state index contributed by atoms with van der Waals surface area (Å²) in [5, 5.41) is 8.03. The van der Waals surface area contributed by atoms with Crippen molar-refractivity contribution in [3.63, 3.8) is 0 Å². The van der Waals surface area contributed by atoms with Gasteiger partial charge in [0.15, 0.2) is 0 Å². The monoisotopic (exact) mass is 381 g/mol. The smallest absolute Gasteiger partial charge is 0.254 e. The van der Waals surface area contributed by atoms with Gasteiger partial charge in [0.25, 0.3) is 5.91 Å². The molecule has 4 rings (SSSR count). The topological polar surface area (TPSA) is 81.6 Å². The van der Waals surface area contributed by atoms with Gasteiger partial charge in [0.2, 0.25) is 0 Å². The minimum atomic E-state index is -0.0274. The maximum atomic E-state index is 13.0. The largest absolute Gasteiger partial charge is 0.489 e. The molecule has 1 amide bonds. The van der Waals surface area contributed by atoms with Crippen molar-refractivity contribution >= 4 is 5.91 Å². The van der Waals surface area contributed by atoms with Gasteiger partial charge in [-0.25, -0.2) is 0 Å². The first kappa shape index (κ1) is 18.3. The van der Waals surface area contributed by atoms with E-state index < -0.39 is 0 Å². The van der Waals surface area contributed by atoms with Crippen molar-refractivity contribution in [3.8, 4) is 5.75 Å². The van der Waals surface area contributed by atoms with Gasteiger partial charge >= 0.3 is 0 Å². The van der Waals surface area contributed by atoms with Gasteiger partial charge in [0.1, 0.15) is 29.6 Å². The maximum absolute atomic E-state index is 13.0. The number of ether oxygens (including phenoxy) is 1. The lowest BCUT2D eigenvalue weighted by Crippen LogP contribution is -2.30. The molecule has 146 valence electrons. The van der Waals surface area contributed by atoms with E-state index in [1.807, 2.05) is 43.9 Å². The fourth-order valence-electron chi connectivity index (χ4n) is 3.58. The maximum Gasteiger partial charge on any atom is 0.254 e. The van der Waals surface area contributed by atoms with Crippen LogP contribution in [0.15, 0.2) is 39.4 Å². The summed E-state index contributed by atoms with van der Waals surface area (Å²) in [7, 11) is 0. The third kappa shape index (κ3) is 3.52. The fraction of sp³-hybridized carbons (Fsp3) is 0.381. The second-order valence-electron chi connectivity index (χ2n) is 7.13. The SMILES string of the molecule is Cc1cc(C2CCCN2C(=O)c2ccc(OCc3c(C)noc3C)cc2)no1. The number of aromatic nitrogens is 2. The van der Waals surface area contributed by atoms with E-state index in [0.29, 0.717) is 17.9 Å². The molecule has 1 aliphatic heterocycles. The highest BCUT2D eigenvalue weighted by Gasteiger charge is 2.32. The van der Waals surface area contributed by atoms with Crippen LogP contribution in [0.2, 0.25) is 0 Å². The minimum Gasteiger partial charge on any atom is -0.489 e. The van der Waals surface area contributed by atoms with E-state index in [-0.39, 0.29) is 11.9 Å². The molecule has 28 heavy (non-hydrogen) atoms. The van der Waals surface area contributed by atoms with E-state index in [0.717, 1.165) is 47.9 Å². The molecule has 1 aromatic carbocycles. The molecule has 1 saturated heterocycles. The van der Waals surface area contributed by atoms with Gasteiger partial charge in [0.05, 0.1) is 17.3 Å². The van der Waals surface area contributed by atoms with Gasteiger partial charge in [0, 0.05) is 18.2 Å². The minimum absolute atomic E-state index is 0.000395. The van der Waals surface area contributed by atoms with Gasteiger partial charge in [-0.05, 0) is 57.9 Å². The Morgan fingerprint density at radius 3 is 2.61 bits per heavy atom. The summed E-state index contributed by atoms with van der Waals surface area (Å²) in [6, 6.07) is 9.11. The van der Waals surface area contributed by atoms with Crippen molar-refractivity contribution in [1.82, 2.24) is 15.2 Å². The van der Waals surface area contributed by atoms with Crippen LogP contribution in [0.25, 0.3) is 0 Å². The Labute approximate surface area is 163 Å². The van der Waals surface area contributed by atoms with Gasteiger partial charge < -0.3 is 18.7 Å². The number of carbonyl (C=O) groups is 1. The summed E-state index contributed by atoms with van der Waals surface area (Å²) >= 11 is 0. The van der Waals surface area contributed by atoms with E-state index in [1.54, 1.807) is 12.1 Å². The van der Waals surface area contributed by atoms with E-state index in [2.05, 4.69) is 10.3 Å². The van der Waals surface area contributed by atoms with E-state index >= 15 is 0 Å². The lowest BCUT2D eigenvalue weighted by Gasteiger charge is -2.23. The zero-order valence-electron chi connectivity index (χ0n) is 16.3. The van der Waals surface area contributed by atoms with E-state index in [9.17, 15) is 4.79 Å². The summed E-state index contributed by atoms with van der Waals surface area (Å²) in [5.41, 5.74) is 3.23. The molecule has 1 atom stereocenters. The third-order valence-electron chi connectivity index (χ3n) is 5.17. The Balaban J connectivity index is 1.43. The highest BCUT2D eigenvalue weighted by atomic mass is 16.5. The zero-order chi connectivity index (χ0) is 19.7. The Morgan fingerprint density at radius 2 is 1.96 bits per heavy atom. The molecule has 1 unspecified atom stereocenters. The normalized spacial score (nSPS) is 16.5. The quantitative estimate of drug-likeness (QED) is 0.660. The van der Waals surface area contributed by atoms with Gasteiger partial charge in [-0.3, -0.25) is 4.79 Å². The molecule has 1 fully saturated rings. The lowest BCUT2D eigenvalue weighted by atomic mass is 10.1. The van der Waals surface area contributed by atoms with Crippen LogP contribution in [0.1, 0.15) is 57.7 Å². The molecule has 0 radical (unpaired) electrons. The van der Waals surface area contributed by atoms with Crippen LogP contribution < -0.4 is 4.74 Å². The fourth-order valence-corrected chi connectivity index (χ4v) is 3.58. The molecule has 0 saturated carbocycles. The Morgan fingerprint density at radius 1 is 1.18 bits per heavy atom. The van der Waals surface area contributed by atoms with Crippen LogP contribution in [0.5, 0.6) is 5.75 Å². The third-order valence-corrected chi connectivity index (χ3v) is 5.17. The summed E-state index contributed by atoms with van der Waals surface area (Å²) < 4.78 is 16.2. The van der Waals surface area contributed by atoms with Crippen molar-refractivity contribution in [2.24, 2.45) is 0 Å². The molecule has 2 aromatic heterocycles. The second kappa shape index (κ2) is 7.50. The molecular formula is C21H23N3O4. The standard InChI is InChI=1S/C21H23N3O4/c1-13-11-19(23-27-13)20-5-4-10-24(20)21(25)16-6-8-17(9-7-16)26-12-18-14(2)22-28-15(18)3/h6-9,11,20H,4-5,10,12H2,1-3H3. The first-order valence-electron chi connectivity index (χ1n) is 9.41. The van der Waals surface area contributed by atoms with Crippen molar-refractivity contribution in [2.45, 2.75) is 46.3 Å². The summed E-state index contributed by atoms with van der Waals surface area (Å²) in [6.45, 7) is 6.72. The zero-order valence-corrected chi connectivity index (χ0v) is 16.3. The van der Waals surface area contributed by atoms with Crippen LogP contribution in [-0.2, 0) is 6.61 Å². The summed E-state index contributed by atoms with van der Waals surface area (Å²) in [4.78, 5) is 14.9. The molecular weight excluding hydrogens is 358 g/mol. The average Bonchev–Trinajstić information content (AvgIpc) is 3.41. The second-order valence-corrected chi connectivity index (χ2v) is 7.13. The summed E-state index contributed by atoms with van der Waals surface area (Å²) in [5.74, 6) is 2.21. The van der Waals surface area contributed by atoms with Gasteiger partial charge in [-0.15, -0.1) is 0 Å². The average molecular weight is 381 g/mol.